The Balaban J connectivity index is 2.29. The molecule has 0 unspecified atom stereocenters. The van der Waals surface area contributed by atoms with Crippen molar-refractivity contribution in [3.05, 3.63) is 29.3 Å². The van der Waals surface area contributed by atoms with Gasteiger partial charge in [0.25, 0.3) is 0 Å². The second-order valence-electron chi connectivity index (χ2n) is 3.98. The first-order valence-electron chi connectivity index (χ1n) is 5.81. The molecule has 0 spiro atoms. The lowest BCUT2D eigenvalue weighted by molar-refractivity contribution is -0.119. The third-order valence-corrected chi connectivity index (χ3v) is 2.48. The molecule has 0 radical (unpaired) electrons. The van der Waals surface area contributed by atoms with E-state index in [0.29, 0.717) is 13.2 Å². The van der Waals surface area contributed by atoms with Gasteiger partial charge in [-0.1, -0.05) is 18.2 Å². The van der Waals surface area contributed by atoms with E-state index < -0.39 is 0 Å². The zero-order valence-corrected chi connectivity index (χ0v) is 10.5. The van der Waals surface area contributed by atoms with Gasteiger partial charge in [0.05, 0.1) is 13.2 Å². The molecule has 17 heavy (non-hydrogen) atoms. The Morgan fingerprint density at radius 2 is 2.00 bits per heavy atom. The minimum atomic E-state index is -0.128. The molecule has 1 rings (SSSR count). The Morgan fingerprint density at radius 1 is 1.35 bits per heavy atom. The molecule has 1 amide bonds. The van der Waals surface area contributed by atoms with E-state index in [1.54, 1.807) is 0 Å². The van der Waals surface area contributed by atoms with Gasteiger partial charge in [-0.2, -0.15) is 0 Å². The van der Waals surface area contributed by atoms with Crippen LogP contribution in [0.15, 0.2) is 18.2 Å². The third-order valence-electron chi connectivity index (χ3n) is 2.48. The number of aryl methyl sites for hydroxylation is 2. The molecule has 1 aromatic carbocycles. The average molecular weight is 236 g/mol. The molecule has 0 bridgehead atoms. The predicted molar refractivity (Wildman–Crippen MR) is 68.1 cm³/mol. The molecule has 0 saturated heterocycles. The number of hydrogen-bond acceptors (Lipinski definition) is 3. The molecule has 94 valence electrons. The summed E-state index contributed by atoms with van der Waals surface area (Å²) in [7, 11) is 0. The molecule has 0 heterocycles. The van der Waals surface area contributed by atoms with Crippen molar-refractivity contribution in [2.24, 2.45) is 5.73 Å². The number of nitrogens with one attached hydrogen (secondary N) is 1. The highest BCUT2D eigenvalue weighted by Crippen LogP contribution is 2.22. The molecule has 1 aromatic rings. The summed E-state index contributed by atoms with van der Waals surface area (Å²) >= 11 is 0. The summed E-state index contributed by atoms with van der Waals surface area (Å²) in [5, 5.41) is 2.70. The van der Waals surface area contributed by atoms with Gasteiger partial charge in [-0.05, 0) is 31.4 Å². The van der Waals surface area contributed by atoms with Crippen LogP contribution < -0.4 is 15.8 Å². The van der Waals surface area contributed by atoms with E-state index in [2.05, 4.69) is 5.32 Å². The maximum absolute atomic E-state index is 10.9. The van der Waals surface area contributed by atoms with Gasteiger partial charge >= 0.3 is 0 Å². The fraction of sp³-hybridized carbons (Fsp3) is 0.462. The minimum Gasteiger partial charge on any atom is -0.493 e. The van der Waals surface area contributed by atoms with E-state index in [0.717, 1.165) is 23.3 Å². The van der Waals surface area contributed by atoms with Crippen molar-refractivity contribution in [2.45, 2.75) is 20.3 Å². The lowest BCUT2D eigenvalue weighted by Gasteiger charge is -2.11. The van der Waals surface area contributed by atoms with Crippen LogP contribution in [0.1, 0.15) is 17.5 Å². The number of benzene rings is 1. The van der Waals surface area contributed by atoms with Crippen molar-refractivity contribution in [2.75, 3.05) is 19.7 Å². The topological polar surface area (TPSA) is 64.3 Å². The first-order chi connectivity index (χ1) is 8.15. The van der Waals surface area contributed by atoms with Gasteiger partial charge in [-0.25, -0.2) is 0 Å². The Labute approximate surface area is 102 Å². The van der Waals surface area contributed by atoms with Crippen LogP contribution in [-0.4, -0.2) is 25.6 Å². The largest absolute Gasteiger partial charge is 0.493 e. The fourth-order valence-electron chi connectivity index (χ4n) is 1.57. The second-order valence-corrected chi connectivity index (χ2v) is 3.98. The normalized spacial score (nSPS) is 10.1. The zero-order chi connectivity index (χ0) is 12.7. The molecule has 0 aromatic heterocycles. The van der Waals surface area contributed by atoms with Crippen molar-refractivity contribution in [1.82, 2.24) is 5.32 Å². The first-order valence-corrected chi connectivity index (χ1v) is 5.81. The summed E-state index contributed by atoms with van der Waals surface area (Å²) in [4.78, 5) is 10.9. The smallest absolute Gasteiger partial charge is 0.233 e. The summed E-state index contributed by atoms with van der Waals surface area (Å²) in [6, 6.07) is 6.07. The van der Waals surface area contributed by atoms with Gasteiger partial charge in [-0.15, -0.1) is 0 Å². The molecule has 0 fully saturated rings. The van der Waals surface area contributed by atoms with Crippen LogP contribution in [-0.2, 0) is 4.79 Å². The maximum Gasteiger partial charge on any atom is 0.233 e. The summed E-state index contributed by atoms with van der Waals surface area (Å²) in [5.74, 6) is 0.815. The summed E-state index contributed by atoms with van der Waals surface area (Å²) in [5.41, 5.74) is 7.44. The van der Waals surface area contributed by atoms with Crippen molar-refractivity contribution >= 4 is 5.91 Å². The molecule has 3 N–H and O–H groups in total. The van der Waals surface area contributed by atoms with Crippen LogP contribution in [0, 0.1) is 13.8 Å². The Kier molecular flexibility index (Phi) is 5.49. The molecule has 4 heteroatoms. The van der Waals surface area contributed by atoms with Crippen LogP contribution >= 0.6 is 0 Å². The Bertz CT molecular complexity index is 357. The minimum absolute atomic E-state index is 0.0394. The first kappa shape index (κ1) is 13.5. The monoisotopic (exact) mass is 236 g/mol. The van der Waals surface area contributed by atoms with Crippen LogP contribution in [0.2, 0.25) is 0 Å². The molecule has 0 aliphatic carbocycles. The summed E-state index contributed by atoms with van der Waals surface area (Å²) in [6.07, 6.45) is 0.777. The highest BCUT2D eigenvalue weighted by Gasteiger charge is 2.02. The SMILES string of the molecule is Cc1cccc(C)c1OCCCNC(=O)CN. The number of para-hydroxylation sites is 1. The highest BCUT2D eigenvalue weighted by molar-refractivity contribution is 5.77. The van der Waals surface area contributed by atoms with Crippen molar-refractivity contribution in [1.29, 1.82) is 0 Å². The van der Waals surface area contributed by atoms with Gasteiger partial charge in [0.1, 0.15) is 5.75 Å². The molecular weight excluding hydrogens is 216 g/mol. The van der Waals surface area contributed by atoms with E-state index in [1.807, 2.05) is 32.0 Å². The summed E-state index contributed by atoms with van der Waals surface area (Å²) < 4.78 is 5.70. The van der Waals surface area contributed by atoms with Gasteiger partial charge in [-0.3, -0.25) is 4.79 Å². The van der Waals surface area contributed by atoms with Crippen LogP contribution in [0.25, 0.3) is 0 Å². The number of nitrogens with two attached hydrogens (primary N) is 1. The van der Waals surface area contributed by atoms with Gasteiger partial charge < -0.3 is 15.8 Å². The molecular formula is C13H20N2O2. The summed E-state index contributed by atoms with van der Waals surface area (Å²) in [6.45, 7) is 5.28. The number of hydrogen-bond donors (Lipinski definition) is 2. The molecule has 4 nitrogen and oxygen atoms in total. The van der Waals surface area contributed by atoms with Gasteiger partial charge in [0, 0.05) is 6.54 Å². The Morgan fingerprint density at radius 3 is 2.59 bits per heavy atom. The van der Waals surface area contributed by atoms with Crippen LogP contribution in [0.4, 0.5) is 0 Å². The van der Waals surface area contributed by atoms with Crippen molar-refractivity contribution in [3.63, 3.8) is 0 Å². The predicted octanol–water partition coefficient (Wildman–Crippen LogP) is 1.15. The number of rotatable bonds is 6. The van der Waals surface area contributed by atoms with Crippen molar-refractivity contribution in [3.8, 4) is 5.75 Å². The third kappa shape index (κ3) is 4.44. The molecule has 0 atom stereocenters. The van der Waals surface area contributed by atoms with Gasteiger partial charge in [0.2, 0.25) is 5.91 Å². The van der Waals surface area contributed by atoms with E-state index in [-0.39, 0.29) is 12.5 Å². The zero-order valence-electron chi connectivity index (χ0n) is 10.5. The standard InChI is InChI=1S/C13H20N2O2/c1-10-5-3-6-11(2)13(10)17-8-4-7-15-12(16)9-14/h3,5-6H,4,7-9,14H2,1-2H3,(H,15,16). The quantitative estimate of drug-likeness (QED) is 0.728. The Hall–Kier alpha value is -1.55. The van der Waals surface area contributed by atoms with E-state index in [9.17, 15) is 4.79 Å². The lowest BCUT2D eigenvalue weighted by atomic mass is 10.1. The fourth-order valence-corrected chi connectivity index (χ4v) is 1.57. The van der Waals surface area contributed by atoms with Crippen LogP contribution in [0.5, 0.6) is 5.75 Å². The number of carbonyl (C=O) groups is 1. The maximum atomic E-state index is 10.9. The second kappa shape index (κ2) is 6.91. The average Bonchev–Trinajstić information content (AvgIpc) is 2.31. The lowest BCUT2D eigenvalue weighted by Crippen LogP contribution is -2.31. The van der Waals surface area contributed by atoms with Crippen LogP contribution in [0.3, 0.4) is 0 Å². The highest BCUT2D eigenvalue weighted by atomic mass is 16.5. The van der Waals surface area contributed by atoms with Crippen molar-refractivity contribution < 1.29 is 9.53 Å². The van der Waals surface area contributed by atoms with E-state index in [4.69, 9.17) is 10.5 Å². The molecule has 0 aliphatic rings. The number of ether oxygens (including phenoxy) is 1. The van der Waals surface area contributed by atoms with Gasteiger partial charge in [0.15, 0.2) is 0 Å². The molecule has 0 saturated carbocycles. The number of carbonyl (C=O) groups excluding carboxylic acids is 1. The van der Waals surface area contributed by atoms with E-state index in [1.165, 1.54) is 0 Å². The number of amides is 1. The van der Waals surface area contributed by atoms with E-state index >= 15 is 0 Å². The molecule has 0 aliphatic heterocycles.